The zero-order valence-electron chi connectivity index (χ0n) is 16.9. The van der Waals surface area contributed by atoms with Crippen molar-refractivity contribution < 1.29 is 24.3 Å². The summed E-state index contributed by atoms with van der Waals surface area (Å²) < 4.78 is 0. The lowest BCUT2D eigenvalue weighted by molar-refractivity contribution is -0.128. The number of urea groups is 1. The molecule has 166 valence electrons. The van der Waals surface area contributed by atoms with Crippen LogP contribution < -0.4 is 27.0 Å². The standard InChI is InChI=1S/C19H28BrN5O5/c1-11(2)15(25-19(29)30)17(27)24-14(4-3-9-22-18(21)28)16(26)23-13-7-5-12(10-20)6-8-13/h5-8,11,14-15,25H,3-4,9-10H2,1-2H3,(H,23,26)(H,24,27)(H,29,30)(H3,21,22,28). The number of hydrogen-bond acceptors (Lipinski definition) is 4. The number of nitrogens with two attached hydrogens (primary N) is 1. The van der Waals surface area contributed by atoms with Gasteiger partial charge in [0, 0.05) is 17.6 Å². The number of alkyl halides is 1. The van der Waals surface area contributed by atoms with Crippen LogP contribution >= 0.6 is 15.9 Å². The van der Waals surface area contributed by atoms with Crippen LogP contribution in [0.4, 0.5) is 15.3 Å². The molecule has 0 saturated heterocycles. The Balaban J connectivity index is 2.87. The SMILES string of the molecule is CC(C)C(NC(=O)O)C(=O)NC(CCCNC(N)=O)C(=O)Nc1ccc(CBr)cc1. The first-order chi connectivity index (χ1) is 14.1. The van der Waals surface area contributed by atoms with E-state index in [-0.39, 0.29) is 18.9 Å². The van der Waals surface area contributed by atoms with Gasteiger partial charge < -0.3 is 32.1 Å². The van der Waals surface area contributed by atoms with Gasteiger partial charge in [-0.05, 0) is 36.5 Å². The predicted molar refractivity (Wildman–Crippen MR) is 116 cm³/mol. The number of primary amides is 1. The molecule has 0 radical (unpaired) electrons. The Hall–Kier alpha value is -2.82. The van der Waals surface area contributed by atoms with Gasteiger partial charge in [0.2, 0.25) is 11.8 Å². The maximum atomic E-state index is 12.8. The highest BCUT2D eigenvalue weighted by Crippen LogP contribution is 2.13. The van der Waals surface area contributed by atoms with Crippen LogP contribution in [0.2, 0.25) is 0 Å². The molecule has 1 aromatic carbocycles. The van der Waals surface area contributed by atoms with Crippen LogP contribution in [0, 0.1) is 5.92 Å². The number of benzene rings is 1. The van der Waals surface area contributed by atoms with E-state index in [0.29, 0.717) is 17.4 Å². The summed E-state index contributed by atoms with van der Waals surface area (Å²) >= 11 is 3.35. The highest BCUT2D eigenvalue weighted by atomic mass is 79.9. The number of nitrogens with one attached hydrogen (secondary N) is 4. The Bertz CT molecular complexity index is 741. The highest BCUT2D eigenvalue weighted by Gasteiger charge is 2.28. The van der Waals surface area contributed by atoms with E-state index in [1.807, 2.05) is 12.1 Å². The van der Waals surface area contributed by atoms with E-state index in [0.717, 1.165) is 5.56 Å². The number of amides is 5. The van der Waals surface area contributed by atoms with Crippen molar-refractivity contribution in [3.05, 3.63) is 29.8 Å². The number of carboxylic acid groups (broad SMARTS) is 1. The molecule has 2 unspecified atom stereocenters. The molecule has 5 amide bonds. The summed E-state index contributed by atoms with van der Waals surface area (Å²) in [5.41, 5.74) is 6.62. The average Bonchev–Trinajstić information content (AvgIpc) is 2.68. The molecule has 0 aliphatic carbocycles. The minimum atomic E-state index is -1.33. The van der Waals surface area contributed by atoms with Crippen molar-refractivity contribution in [2.45, 2.75) is 44.1 Å². The van der Waals surface area contributed by atoms with Gasteiger partial charge in [0.1, 0.15) is 12.1 Å². The van der Waals surface area contributed by atoms with Crippen LogP contribution in [0.15, 0.2) is 24.3 Å². The van der Waals surface area contributed by atoms with E-state index in [9.17, 15) is 19.2 Å². The lowest BCUT2D eigenvalue weighted by atomic mass is 10.0. The summed E-state index contributed by atoms with van der Waals surface area (Å²) in [6.45, 7) is 3.62. The van der Waals surface area contributed by atoms with Crippen molar-refractivity contribution in [1.29, 1.82) is 0 Å². The van der Waals surface area contributed by atoms with E-state index >= 15 is 0 Å². The molecule has 0 bridgehead atoms. The lowest BCUT2D eigenvalue weighted by Gasteiger charge is -2.24. The summed E-state index contributed by atoms with van der Waals surface area (Å²) in [5, 5.41) is 19.6. The summed E-state index contributed by atoms with van der Waals surface area (Å²) in [5.74, 6) is -1.38. The molecule has 11 heteroatoms. The quantitative estimate of drug-likeness (QED) is 0.207. The van der Waals surface area contributed by atoms with Crippen LogP contribution in [-0.2, 0) is 14.9 Å². The molecule has 10 nitrogen and oxygen atoms in total. The predicted octanol–water partition coefficient (Wildman–Crippen LogP) is 1.75. The molecule has 0 aromatic heterocycles. The van der Waals surface area contributed by atoms with Crippen LogP contribution in [0.5, 0.6) is 0 Å². The van der Waals surface area contributed by atoms with Gasteiger partial charge in [0.15, 0.2) is 0 Å². The van der Waals surface area contributed by atoms with Crippen LogP contribution in [0.1, 0.15) is 32.3 Å². The Kier molecular flexibility index (Phi) is 10.7. The summed E-state index contributed by atoms with van der Waals surface area (Å²) in [4.78, 5) is 47.2. The Labute approximate surface area is 183 Å². The van der Waals surface area contributed by atoms with E-state index in [1.54, 1.807) is 26.0 Å². The molecular weight excluding hydrogens is 458 g/mol. The second-order valence-corrected chi connectivity index (χ2v) is 7.55. The van der Waals surface area contributed by atoms with Gasteiger partial charge in [-0.25, -0.2) is 9.59 Å². The molecule has 2 atom stereocenters. The topological polar surface area (TPSA) is 163 Å². The molecule has 0 aliphatic rings. The number of rotatable bonds is 11. The smallest absolute Gasteiger partial charge is 0.405 e. The zero-order chi connectivity index (χ0) is 22.7. The molecule has 0 aliphatic heterocycles. The monoisotopic (exact) mass is 485 g/mol. The Morgan fingerprint density at radius 1 is 1.07 bits per heavy atom. The minimum absolute atomic E-state index is 0.217. The van der Waals surface area contributed by atoms with Gasteiger partial charge >= 0.3 is 12.1 Å². The molecule has 7 N–H and O–H groups in total. The third-order valence-corrected chi connectivity index (χ3v) is 4.85. The number of anilines is 1. The second-order valence-electron chi connectivity index (χ2n) is 6.99. The maximum Gasteiger partial charge on any atom is 0.405 e. The molecule has 1 aromatic rings. The molecular formula is C19H28BrN5O5. The third kappa shape index (κ3) is 9.12. The fourth-order valence-electron chi connectivity index (χ4n) is 2.62. The van der Waals surface area contributed by atoms with E-state index in [1.165, 1.54) is 0 Å². The number of hydrogen-bond donors (Lipinski definition) is 6. The van der Waals surface area contributed by atoms with Crippen LogP contribution in [-0.4, -0.2) is 47.7 Å². The first-order valence-electron chi connectivity index (χ1n) is 9.43. The largest absolute Gasteiger partial charge is 0.465 e. The number of halogens is 1. The maximum absolute atomic E-state index is 12.8. The Morgan fingerprint density at radius 2 is 1.70 bits per heavy atom. The van der Waals surface area contributed by atoms with Crippen molar-refractivity contribution in [2.75, 3.05) is 11.9 Å². The van der Waals surface area contributed by atoms with Crippen molar-refractivity contribution >= 4 is 45.6 Å². The van der Waals surface area contributed by atoms with Gasteiger partial charge in [0.05, 0.1) is 0 Å². The average molecular weight is 486 g/mol. The summed E-state index contributed by atoms with van der Waals surface area (Å²) in [6, 6.07) is 4.55. The molecule has 1 rings (SSSR count). The van der Waals surface area contributed by atoms with Crippen molar-refractivity contribution in [3.8, 4) is 0 Å². The summed E-state index contributed by atoms with van der Waals surface area (Å²) in [6.07, 6.45) is -0.736. The van der Waals surface area contributed by atoms with Gasteiger partial charge in [0.25, 0.3) is 0 Å². The van der Waals surface area contributed by atoms with Crippen LogP contribution in [0.25, 0.3) is 0 Å². The molecule has 0 fully saturated rings. The highest BCUT2D eigenvalue weighted by molar-refractivity contribution is 9.08. The fourth-order valence-corrected chi connectivity index (χ4v) is 3.00. The van der Waals surface area contributed by atoms with Gasteiger partial charge in [-0.15, -0.1) is 0 Å². The fraction of sp³-hybridized carbons (Fsp3) is 0.474. The molecule has 0 saturated carbocycles. The van der Waals surface area contributed by atoms with E-state index in [2.05, 4.69) is 37.2 Å². The number of carbonyl (C=O) groups is 4. The summed E-state index contributed by atoms with van der Waals surface area (Å²) in [7, 11) is 0. The van der Waals surface area contributed by atoms with E-state index < -0.39 is 36.0 Å². The van der Waals surface area contributed by atoms with Crippen molar-refractivity contribution in [1.82, 2.24) is 16.0 Å². The van der Waals surface area contributed by atoms with Crippen molar-refractivity contribution in [2.24, 2.45) is 11.7 Å². The molecule has 30 heavy (non-hydrogen) atoms. The molecule has 0 heterocycles. The first kappa shape index (κ1) is 25.2. The number of carbonyl (C=O) groups excluding carboxylic acids is 3. The third-order valence-electron chi connectivity index (χ3n) is 4.21. The normalized spacial score (nSPS) is 12.5. The van der Waals surface area contributed by atoms with Gasteiger partial charge in [-0.2, -0.15) is 0 Å². The molecule has 0 spiro atoms. The van der Waals surface area contributed by atoms with Gasteiger partial charge in [-0.3, -0.25) is 9.59 Å². The first-order valence-corrected chi connectivity index (χ1v) is 10.5. The zero-order valence-corrected chi connectivity index (χ0v) is 18.5. The minimum Gasteiger partial charge on any atom is -0.465 e. The second kappa shape index (κ2) is 12.7. The lowest BCUT2D eigenvalue weighted by Crippen LogP contribution is -2.54. The Morgan fingerprint density at radius 3 is 2.20 bits per heavy atom. The van der Waals surface area contributed by atoms with Gasteiger partial charge in [-0.1, -0.05) is 41.9 Å². The van der Waals surface area contributed by atoms with Crippen LogP contribution in [0.3, 0.4) is 0 Å². The van der Waals surface area contributed by atoms with E-state index in [4.69, 9.17) is 10.8 Å². The van der Waals surface area contributed by atoms with Crippen molar-refractivity contribution in [3.63, 3.8) is 0 Å².